The van der Waals surface area contributed by atoms with E-state index >= 15 is 0 Å². The number of hydrogen-bond donors (Lipinski definition) is 1. The van der Waals surface area contributed by atoms with Crippen molar-refractivity contribution in [3.8, 4) is 0 Å². The molecule has 0 aliphatic rings. The first-order valence-corrected chi connectivity index (χ1v) is 5.39. The van der Waals surface area contributed by atoms with Crippen LogP contribution in [-0.4, -0.2) is 21.6 Å². The van der Waals surface area contributed by atoms with Crippen molar-refractivity contribution >= 4 is 0 Å². The monoisotopic (exact) mass is 214 g/mol. The van der Waals surface area contributed by atoms with Gasteiger partial charge in [0.15, 0.2) is 0 Å². The molecule has 0 aromatic carbocycles. The van der Waals surface area contributed by atoms with Crippen LogP contribution in [0.25, 0.3) is 0 Å². The van der Waals surface area contributed by atoms with E-state index in [4.69, 9.17) is 0 Å². The molecule has 0 aliphatic carbocycles. The zero-order valence-electron chi connectivity index (χ0n) is 9.63. The van der Waals surface area contributed by atoms with Crippen LogP contribution in [0.15, 0.2) is 0 Å². The molecule has 0 radical (unpaired) electrons. The molecule has 1 N–H and O–H groups in total. The summed E-state index contributed by atoms with van der Waals surface area (Å²) >= 11 is 0. The highest BCUT2D eigenvalue weighted by atomic mass is 19.1. The van der Waals surface area contributed by atoms with Gasteiger partial charge in [0.1, 0.15) is 0 Å². The fourth-order valence-corrected chi connectivity index (χ4v) is 1.82. The lowest BCUT2D eigenvalue weighted by molar-refractivity contribution is 0.172. The van der Waals surface area contributed by atoms with Crippen molar-refractivity contribution in [1.82, 2.24) is 9.78 Å². The van der Waals surface area contributed by atoms with Crippen molar-refractivity contribution in [1.29, 1.82) is 0 Å². The number of alkyl halides is 1. The van der Waals surface area contributed by atoms with Gasteiger partial charge in [-0.3, -0.25) is 9.07 Å². The molecule has 0 bridgehead atoms. The fourth-order valence-electron chi connectivity index (χ4n) is 1.82. The van der Waals surface area contributed by atoms with Gasteiger partial charge in [-0.25, -0.2) is 0 Å². The number of aromatic nitrogens is 2. The first-order chi connectivity index (χ1) is 7.11. The smallest absolute Gasteiger partial charge is 0.0912 e. The van der Waals surface area contributed by atoms with Crippen LogP contribution in [0.1, 0.15) is 42.8 Å². The SMILES string of the molecule is CCC(O)c1c(C)nn(CCCF)c1C. The van der Waals surface area contributed by atoms with Gasteiger partial charge in [-0.05, 0) is 26.7 Å². The summed E-state index contributed by atoms with van der Waals surface area (Å²) in [7, 11) is 0. The Balaban J connectivity index is 2.93. The third-order valence-corrected chi connectivity index (χ3v) is 2.66. The van der Waals surface area contributed by atoms with Crippen molar-refractivity contribution < 1.29 is 9.50 Å². The maximum atomic E-state index is 12.1. The highest BCUT2D eigenvalue weighted by molar-refractivity contribution is 5.26. The van der Waals surface area contributed by atoms with Gasteiger partial charge in [0.05, 0.1) is 18.5 Å². The first-order valence-electron chi connectivity index (χ1n) is 5.39. The molecule has 0 saturated heterocycles. The predicted molar refractivity (Wildman–Crippen MR) is 57.5 cm³/mol. The standard InChI is InChI=1S/C11H19FN2O/c1-4-10(15)11-8(2)13-14(9(11)3)7-5-6-12/h10,15H,4-7H2,1-3H3. The van der Waals surface area contributed by atoms with Crippen molar-refractivity contribution in [2.75, 3.05) is 6.67 Å². The molecule has 0 aliphatic heterocycles. The van der Waals surface area contributed by atoms with Crippen LogP contribution in [0.5, 0.6) is 0 Å². The molecular weight excluding hydrogens is 195 g/mol. The number of halogens is 1. The molecule has 0 saturated carbocycles. The summed E-state index contributed by atoms with van der Waals surface area (Å²) in [6, 6.07) is 0. The number of hydrogen-bond acceptors (Lipinski definition) is 2. The van der Waals surface area contributed by atoms with Crippen molar-refractivity contribution in [2.45, 2.75) is 46.3 Å². The molecule has 0 spiro atoms. The topological polar surface area (TPSA) is 38.1 Å². The summed E-state index contributed by atoms with van der Waals surface area (Å²) < 4.78 is 13.8. The van der Waals surface area contributed by atoms with Gasteiger partial charge >= 0.3 is 0 Å². The van der Waals surface area contributed by atoms with E-state index in [9.17, 15) is 9.50 Å². The summed E-state index contributed by atoms with van der Waals surface area (Å²) in [6.45, 7) is 5.99. The Morgan fingerprint density at radius 1 is 1.47 bits per heavy atom. The van der Waals surface area contributed by atoms with Gasteiger partial charge in [-0.2, -0.15) is 5.10 Å². The highest BCUT2D eigenvalue weighted by Gasteiger charge is 2.17. The minimum absolute atomic E-state index is 0.329. The van der Waals surface area contributed by atoms with E-state index in [0.717, 1.165) is 17.0 Å². The Hall–Kier alpha value is -0.900. The molecule has 1 heterocycles. The fraction of sp³-hybridized carbons (Fsp3) is 0.727. The molecule has 0 fully saturated rings. The Labute approximate surface area is 89.9 Å². The van der Waals surface area contributed by atoms with Gasteiger partial charge in [-0.15, -0.1) is 0 Å². The normalized spacial score (nSPS) is 13.1. The molecule has 1 aromatic rings. The van der Waals surface area contributed by atoms with E-state index in [-0.39, 0.29) is 6.67 Å². The van der Waals surface area contributed by atoms with Gasteiger partial charge in [0.25, 0.3) is 0 Å². The quantitative estimate of drug-likeness (QED) is 0.816. The summed E-state index contributed by atoms with van der Waals surface area (Å²) in [5.74, 6) is 0. The number of nitrogens with zero attached hydrogens (tertiary/aromatic N) is 2. The van der Waals surface area contributed by atoms with Crippen LogP contribution in [-0.2, 0) is 6.54 Å². The zero-order valence-corrected chi connectivity index (χ0v) is 9.63. The lowest BCUT2D eigenvalue weighted by atomic mass is 10.1. The van der Waals surface area contributed by atoms with E-state index in [1.165, 1.54) is 0 Å². The third kappa shape index (κ3) is 2.56. The lowest BCUT2D eigenvalue weighted by Crippen LogP contribution is -2.04. The van der Waals surface area contributed by atoms with Crippen LogP contribution in [0.2, 0.25) is 0 Å². The second-order valence-corrected chi connectivity index (χ2v) is 3.77. The molecule has 86 valence electrons. The van der Waals surface area contributed by atoms with Gasteiger partial charge in [-0.1, -0.05) is 6.92 Å². The van der Waals surface area contributed by atoms with E-state index in [0.29, 0.717) is 19.4 Å². The van der Waals surface area contributed by atoms with Crippen LogP contribution < -0.4 is 0 Å². The van der Waals surface area contributed by atoms with E-state index in [2.05, 4.69) is 5.10 Å². The average molecular weight is 214 g/mol. The van der Waals surface area contributed by atoms with Gasteiger partial charge in [0.2, 0.25) is 0 Å². The maximum absolute atomic E-state index is 12.1. The summed E-state index contributed by atoms with van der Waals surface area (Å²) in [4.78, 5) is 0. The Bertz CT molecular complexity index is 323. The molecule has 4 heteroatoms. The number of aliphatic hydroxyl groups excluding tert-OH is 1. The van der Waals surface area contributed by atoms with Crippen LogP contribution in [0.3, 0.4) is 0 Å². The minimum Gasteiger partial charge on any atom is -0.388 e. The molecular formula is C11H19FN2O. The van der Waals surface area contributed by atoms with Gasteiger partial charge < -0.3 is 5.11 Å². The van der Waals surface area contributed by atoms with Crippen LogP contribution >= 0.6 is 0 Å². The van der Waals surface area contributed by atoms with Crippen molar-refractivity contribution in [2.24, 2.45) is 0 Å². The number of aryl methyl sites for hydroxylation is 2. The molecule has 1 aromatic heterocycles. The van der Waals surface area contributed by atoms with E-state index < -0.39 is 6.10 Å². The average Bonchev–Trinajstić information content (AvgIpc) is 2.50. The Morgan fingerprint density at radius 2 is 2.13 bits per heavy atom. The Kier molecular flexibility index (Phi) is 4.27. The second-order valence-electron chi connectivity index (χ2n) is 3.77. The van der Waals surface area contributed by atoms with Crippen LogP contribution in [0, 0.1) is 13.8 Å². The van der Waals surface area contributed by atoms with Crippen molar-refractivity contribution in [3.05, 3.63) is 17.0 Å². The second kappa shape index (κ2) is 5.26. The minimum atomic E-state index is -0.455. The molecule has 3 nitrogen and oxygen atoms in total. The summed E-state index contributed by atoms with van der Waals surface area (Å²) in [5, 5.41) is 14.1. The maximum Gasteiger partial charge on any atom is 0.0912 e. The van der Waals surface area contributed by atoms with E-state index in [1.54, 1.807) is 4.68 Å². The van der Waals surface area contributed by atoms with Gasteiger partial charge in [0, 0.05) is 17.8 Å². The molecule has 0 amide bonds. The first kappa shape index (κ1) is 12.2. The molecule has 1 unspecified atom stereocenters. The third-order valence-electron chi connectivity index (χ3n) is 2.66. The molecule has 1 rings (SSSR count). The molecule has 1 atom stereocenters. The number of aliphatic hydroxyl groups is 1. The highest BCUT2D eigenvalue weighted by Crippen LogP contribution is 2.23. The number of rotatable bonds is 5. The van der Waals surface area contributed by atoms with E-state index in [1.807, 2.05) is 20.8 Å². The largest absolute Gasteiger partial charge is 0.388 e. The zero-order chi connectivity index (χ0) is 11.4. The Morgan fingerprint density at radius 3 is 2.67 bits per heavy atom. The predicted octanol–water partition coefficient (Wildman–Crippen LogP) is 2.30. The summed E-state index contributed by atoms with van der Waals surface area (Å²) in [5.41, 5.74) is 2.70. The molecule has 15 heavy (non-hydrogen) atoms. The van der Waals surface area contributed by atoms with Crippen LogP contribution in [0.4, 0.5) is 4.39 Å². The lowest BCUT2D eigenvalue weighted by Gasteiger charge is -2.08. The summed E-state index contributed by atoms with van der Waals surface area (Å²) in [6.07, 6.45) is 0.698. The van der Waals surface area contributed by atoms with Crippen molar-refractivity contribution in [3.63, 3.8) is 0 Å².